The Balaban J connectivity index is 1.74. The molecule has 2 heterocycles. The molecular formula is C15H27N5O4S. The van der Waals surface area contributed by atoms with Gasteiger partial charge in [0.25, 0.3) is 0 Å². The minimum atomic E-state index is -3.45. The summed E-state index contributed by atoms with van der Waals surface area (Å²) in [6.45, 7) is 1.01. The lowest BCUT2D eigenvalue weighted by atomic mass is 10.1. The third-order valence-electron chi connectivity index (χ3n) is 4.08. The third kappa shape index (κ3) is 6.38. The standard InChI is InChI=1S/C15H27N5O4S/c1-16-14(12-9-18-20(2)11-12)15(21)17-6-8-25(22,23)19-10-13-5-3-4-7-24-13/h9,11,13-14,16,19H,3-8,10H2,1-2H3,(H,17,21). The van der Waals surface area contributed by atoms with Gasteiger partial charge in [-0.15, -0.1) is 0 Å². The summed E-state index contributed by atoms with van der Waals surface area (Å²) in [5.41, 5.74) is 0.720. The van der Waals surface area contributed by atoms with Crippen LogP contribution in [0, 0.1) is 0 Å². The molecule has 9 nitrogen and oxygen atoms in total. The molecule has 10 heteroatoms. The minimum absolute atomic E-state index is 0.0398. The van der Waals surface area contributed by atoms with Crippen molar-refractivity contribution in [2.24, 2.45) is 7.05 Å². The van der Waals surface area contributed by atoms with E-state index in [4.69, 9.17) is 4.74 Å². The van der Waals surface area contributed by atoms with Crippen molar-refractivity contribution in [3.8, 4) is 0 Å². The van der Waals surface area contributed by atoms with Gasteiger partial charge in [0.05, 0.1) is 18.1 Å². The van der Waals surface area contributed by atoms with Gasteiger partial charge >= 0.3 is 0 Å². The van der Waals surface area contributed by atoms with Crippen LogP contribution in [-0.2, 0) is 26.6 Å². The monoisotopic (exact) mass is 373 g/mol. The Morgan fingerprint density at radius 2 is 2.28 bits per heavy atom. The summed E-state index contributed by atoms with van der Waals surface area (Å²) in [6.07, 6.45) is 6.24. The van der Waals surface area contributed by atoms with Crippen LogP contribution < -0.4 is 15.4 Å². The molecule has 142 valence electrons. The number of nitrogens with zero attached hydrogens (tertiary/aromatic N) is 2. The van der Waals surface area contributed by atoms with E-state index in [-0.39, 0.29) is 30.9 Å². The van der Waals surface area contributed by atoms with Crippen LogP contribution in [0.5, 0.6) is 0 Å². The van der Waals surface area contributed by atoms with E-state index in [1.165, 1.54) is 0 Å². The average Bonchev–Trinajstić information content (AvgIpc) is 3.01. The van der Waals surface area contributed by atoms with E-state index >= 15 is 0 Å². The lowest BCUT2D eigenvalue weighted by Gasteiger charge is -2.22. The van der Waals surface area contributed by atoms with E-state index in [2.05, 4.69) is 20.5 Å². The summed E-state index contributed by atoms with van der Waals surface area (Å²) >= 11 is 0. The Morgan fingerprint density at radius 1 is 1.48 bits per heavy atom. The number of hydrogen-bond donors (Lipinski definition) is 3. The molecule has 1 aliphatic rings. The van der Waals surface area contributed by atoms with Gasteiger partial charge in [0.15, 0.2) is 0 Å². The SMILES string of the molecule is CNC(C(=O)NCCS(=O)(=O)NCC1CCCCO1)c1cnn(C)c1. The van der Waals surface area contributed by atoms with E-state index in [0.717, 1.165) is 24.8 Å². The molecule has 1 aromatic heterocycles. The van der Waals surface area contributed by atoms with Crippen molar-refractivity contribution >= 4 is 15.9 Å². The van der Waals surface area contributed by atoms with Gasteiger partial charge in [-0.05, 0) is 26.3 Å². The normalized spacial score (nSPS) is 19.5. The Kier molecular flexibility index (Phi) is 7.36. The number of amides is 1. The maximum atomic E-state index is 12.2. The average molecular weight is 373 g/mol. The number of ether oxygens (including phenoxy) is 1. The number of carbonyl (C=O) groups excluding carboxylic acids is 1. The summed E-state index contributed by atoms with van der Waals surface area (Å²) in [4.78, 5) is 12.2. The maximum absolute atomic E-state index is 12.2. The van der Waals surface area contributed by atoms with Gasteiger partial charge in [0.2, 0.25) is 15.9 Å². The highest BCUT2D eigenvalue weighted by Gasteiger charge is 2.21. The van der Waals surface area contributed by atoms with Gasteiger partial charge in [-0.25, -0.2) is 13.1 Å². The van der Waals surface area contributed by atoms with Gasteiger partial charge in [0, 0.05) is 38.5 Å². The third-order valence-corrected chi connectivity index (χ3v) is 5.43. The second-order valence-electron chi connectivity index (χ2n) is 6.12. The van der Waals surface area contributed by atoms with Crippen LogP contribution in [0.2, 0.25) is 0 Å². The van der Waals surface area contributed by atoms with E-state index < -0.39 is 16.1 Å². The number of sulfonamides is 1. The molecule has 0 saturated carbocycles. The number of aryl methyl sites for hydroxylation is 1. The number of hydrogen-bond acceptors (Lipinski definition) is 6. The zero-order valence-corrected chi connectivity index (χ0v) is 15.5. The molecule has 2 unspecified atom stereocenters. The van der Waals surface area contributed by atoms with E-state index in [9.17, 15) is 13.2 Å². The van der Waals surface area contributed by atoms with Crippen LogP contribution in [0.3, 0.4) is 0 Å². The zero-order chi connectivity index (χ0) is 18.3. The Hall–Kier alpha value is -1.49. The first-order valence-corrected chi connectivity index (χ1v) is 10.1. The summed E-state index contributed by atoms with van der Waals surface area (Å²) in [5, 5.41) is 9.58. The predicted molar refractivity (Wildman–Crippen MR) is 93.4 cm³/mol. The molecule has 25 heavy (non-hydrogen) atoms. The van der Waals surface area contributed by atoms with Crippen molar-refractivity contribution in [3.05, 3.63) is 18.0 Å². The van der Waals surface area contributed by atoms with Crippen LogP contribution >= 0.6 is 0 Å². The Morgan fingerprint density at radius 3 is 2.88 bits per heavy atom. The molecule has 0 aromatic carbocycles. The molecule has 1 fully saturated rings. The molecule has 2 rings (SSSR count). The highest BCUT2D eigenvalue weighted by Crippen LogP contribution is 2.12. The topological polar surface area (TPSA) is 114 Å². The first kappa shape index (κ1) is 19.8. The van der Waals surface area contributed by atoms with Crippen LogP contribution in [0.15, 0.2) is 12.4 Å². The molecule has 0 aliphatic carbocycles. The number of nitrogens with one attached hydrogen (secondary N) is 3. The first-order chi connectivity index (χ1) is 11.9. The molecule has 0 spiro atoms. The Bertz CT molecular complexity index is 655. The van der Waals surface area contributed by atoms with Gasteiger partial charge in [0.1, 0.15) is 6.04 Å². The van der Waals surface area contributed by atoms with Crippen molar-refractivity contribution in [3.63, 3.8) is 0 Å². The lowest BCUT2D eigenvalue weighted by Crippen LogP contribution is -2.41. The molecule has 3 N–H and O–H groups in total. The molecular weight excluding hydrogens is 346 g/mol. The summed E-state index contributed by atoms with van der Waals surface area (Å²) in [5.74, 6) is -0.462. The molecule has 1 saturated heterocycles. The van der Waals surface area contributed by atoms with E-state index in [1.807, 2.05) is 0 Å². The van der Waals surface area contributed by atoms with Gasteiger partial charge < -0.3 is 15.4 Å². The summed E-state index contributed by atoms with van der Waals surface area (Å²) in [7, 11) is -0.0185. The quantitative estimate of drug-likeness (QED) is 0.527. The number of rotatable bonds is 9. The fourth-order valence-corrected chi connectivity index (χ4v) is 3.66. The molecule has 2 atom stereocenters. The summed E-state index contributed by atoms with van der Waals surface area (Å²) < 4.78 is 33.7. The molecule has 0 radical (unpaired) electrons. The van der Waals surface area contributed by atoms with Crippen LogP contribution in [0.25, 0.3) is 0 Å². The Labute approximate surface area is 148 Å². The maximum Gasteiger partial charge on any atom is 0.241 e. The van der Waals surface area contributed by atoms with E-state index in [0.29, 0.717) is 6.61 Å². The highest BCUT2D eigenvalue weighted by atomic mass is 32.2. The van der Waals surface area contributed by atoms with Gasteiger partial charge in [-0.3, -0.25) is 9.48 Å². The summed E-state index contributed by atoms with van der Waals surface area (Å²) in [6, 6.07) is -0.569. The number of likely N-dealkylation sites (N-methyl/N-ethyl adjacent to an activating group) is 1. The van der Waals surface area contributed by atoms with E-state index in [1.54, 1.807) is 31.2 Å². The zero-order valence-electron chi connectivity index (χ0n) is 14.7. The second-order valence-corrected chi connectivity index (χ2v) is 8.04. The minimum Gasteiger partial charge on any atom is -0.377 e. The van der Waals surface area contributed by atoms with Crippen molar-refractivity contribution in [2.75, 3.05) is 32.5 Å². The molecule has 1 amide bonds. The lowest BCUT2D eigenvalue weighted by molar-refractivity contribution is -0.123. The van der Waals surface area contributed by atoms with Crippen molar-refractivity contribution in [1.29, 1.82) is 0 Å². The van der Waals surface area contributed by atoms with Crippen LogP contribution in [0.4, 0.5) is 0 Å². The number of aromatic nitrogens is 2. The van der Waals surface area contributed by atoms with Crippen LogP contribution in [0.1, 0.15) is 30.9 Å². The van der Waals surface area contributed by atoms with Crippen LogP contribution in [-0.4, -0.2) is 62.7 Å². The van der Waals surface area contributed by atoms with Gasteiger partial charge in [-0.2, -0.15) is 5.10 Å². The fourth-order valence-electron chi connectivity index (χ4n) is 2.71. The number of carbonyl (C=O) groups is 1. The first-order valence-electron chi connectivity index (χ1n) is 8.44. The van der Waals surface area contributed by atoms with Crippen molar-refractivity contribution in [2.45, 2.75) is 31.4 Å². The molecule has 1 aliphatic heterocycles. The predicted octanol–water partition coefficient (Wildman–Crippen LogP) is -0.715. The largest absolute Gasteiger partial charge is 0.377 e. The second kappa shape index (κ2) is 9.27. The van der Waals surface area contributed by atoms with Gasteiger partial charge in [-0.1, -0.05) is 0 Å². The smallest absolute Gasteiger partial charge is 0.241 e. The molecule has 0 bridgehead atoms. The molecule has 1 aromatic rings. The van der Waals surface area contributed by atoms with Crippen molar-refractivity contribution < 1.29 is 17.9 Å². The van der Waals surface area contributed by atoms with Crippen molar-refractivity contribution in [1.82, 2.24) is 25.1 Å². The fraction of sp³-hybridized carbons (Fsp3) is 0.733. The highest BCUT2D eigenvalue weighted by molar-refractivity contribution is 7.89.